The molecule has 32 heavy (non-hydrogen) atoms. The molecule has 0 saturated carbocycles. The van der Waals surface area contributed by atoms with Gasteiger partial charge in [-0.25, -0.2) is 4.98 Å². The molecular weight excluding hydrogens is 410 g/mol. The minimum Gasteiger partial charge on any atom is -0.497 e. The fourth-order valence-electron chi connectivity index (χ4n) is 3.49. The molecule has 0 bridgehead atoms. The minimum absolute atomic E-state index is 0.108. The lowest BCUT2D eigenvalue weighted by molar-refractivity contribution is -0.142. The Morgan fingerprint density at radius 2 is 1.97 bits per heavy atom. The van der Waals surface area contributed by atoms with Crippen molar-refractivity contribution in [2.45, 2.75) is 25.2 Å². The van der Waals surface area contributed by atoms with Gasteiger partial charge in [-0.1, -0.05) is 29.4 Å². The smallest absolute Gasteiger partial charge is 0.310 e. The van der Waals surface area contributed by atoms with E-state index in [1.807, 2.05) is 36.4 Å². The Morgan fingerprint density at radius 1 is 1.22 bits per heavy atom. The van der Waals surface area contributed by atoms with Crippen LogP contribution >= 0.6 is 0 Å². The van der Waals surface area contributed by atoms with E-state index in [2.05, 4.69) is 15.0 Å². The number of fused-ring (bicyclic) bond motifs is 1. The number of azide groups is 1. The summed E-state index contributed by atoms with van der Waals surface area (Å²) in [5.74, 6) is 0.0256. The number of rotatable bonds is 10. The van der Waals surface area contributed by atoms with Crippen molar-refractivity contribution in [2.75, 3.05) is 20.3 Å². The maximum absolute atomic E-state index is 12.8. The van der Waals surface area contributed by atoms with Crippen molar-refractivity contribution in [3.05, 3.63) is 80.6 Å². The van der Waals surface area contributed by atoms with Crippen LogP contribution in [0.4, 0.5) is 0 Å². The normalized spacial score (nSPS) is 11.6. The number of carbonyl (C=O) groups excluding carboxylic acids is 1. The summed E-state index contributed by atoms with van der Waals surface area (Å²) in [5, 5.41) is 3.66. The molecule has 9 heteroatoms. The number of hydrogen-bond donors (Lipinski definition) is 0. The summed E-state index contributed by atoms with van der Waals surface area (Å²) in [7, 11) is 3.28. The third-order valence-electron chi connectivity index (χ3n) is 5.23. The summed E-state index contributed by atoms with van der Waals surface area (Å²) in [6.07, 6.45) is 1.17. The van der Waals surface area contributed by atoms with Crippen LogP contribution in [0.3, 0.4) is 0 Å². The van der Waals surface area contributed by atoms with Gasteiger partial charge in [0.25, 0.3) is 5.56 Å². The van der Waals surface area contributed by atoms with E-state index in [4.69, 9.17) is 15.0 Å². The van der Waals surface area contributed by atoms with Gasteiger partial charge in [-0.3, -0.25) is 9.59 Å². The van der Waals surface area contributed by atoms with Crippen LogP contribution in [0.5, 0.6) is 5.75 Å². The van der Waals surface area contributed by atoms with Crippen LogP contribution in [0.15, 0.2) is 58.4 Å². The zero-order valence-electron chi connectivity index (χ0n) is 18.1. The summed E-state index contributed by atoms with van der Waals surface area (Å²) >= 11 is 0. The zero-order chi connectivity index (χ0) is 22.9. The first-order chi connectivity index (χ1) is 15.5. The molecule has 9 nitrogen and oxygen atoms in total. The number of esters is 1. The molecule has 0 unspecified atom stereocenters. The SMILES string of the molecule is COc1ccc(CC(=O)OCCC[C@H](CN=[N+]=[N-])c2nc3ccccc3n(C)c2=O)cc1. The number of aromatic nitrogens is 2. The van der Waals surface area contributed by atoms with E-state index in [1.54, 1.807) is 30.9 Å². The lowest BCUT2D eigenvalue weighted by Gasteiger charge is -2.16. The Kier molecular flexibility index (Phi) is 7.83. The number of methoxy groups -OCH3 is 1. The van der Waals surface area contributed by atoms with E-state index in [0.29, 0.717) is 24.1 Å². The Bertz CT molecular complexity index is 1180. The first-order valence-electron chi connectivity index (χ1n) is 10.3. The fraction of sp³-hybridized carbons (Fsp3) is 0.348. The molecule has 0 saturated heterocycles. The highest BCUT2D eigenvalue weighted by molar-refractivity contribution is 5.74. The average molecular weight is 435 g/mol. The topological polar surface area (TPSA) is 119 Å². The average Bonchev–Trinajstić information content (AvgIpc) is 2.81. The highest BCUT2D eigenvalue weighted by Crippen LogP contribution is 2.20. The molecule has 166 valence electrons. The predicted octanol–water partition coefficient (Wildman–Crippen LogP) is 3.90. The van der Waals surface area contributed by atoms with Crippen LogP contribution in [0, 0.1) is 0 Å². The fourth-order valence-corrected chi connectivity index (χ4v) is 3.49. The van der Waals surface area contributed by atoms with Crippen LogP contribution in [-0.2, 0) is 23.0 Å². The quantitative estimate of drug-likeness (QED) is 0.157. The lowest BCUT2D eigenvalue weighted by Crippen LogP contribution is -2.26. The Balaban J connectivity index is 1.62. The maximum atomic E-state index is 12.8. The molecule has 0 aliphatic carbocycles. The van der Waals surface area contributed by atoms with Gasteiger partial charge in [0.1, 0.15) is 11.4 Å². The molecule has 0 radical (unpaired) electrons. The lowest BCUT2D eigenvalue weighted by atomic mass is 9.99. The van der Waals surface area contributed by atoms with Crippen molar-refractivity contribution in [1.29, 1.82) is 0 Å². The monoisotopic (exact) mass is 435 g/mol. The van der Waals surface area contributed by atoms with Gasteiger partial charge < -0.3 is 14.0 Å². The van der Waals surface area contributed by atoms with E-state index in [-0.39, 0.29) is 37.0 Å². The minimum atomic E-state index is -0.366. The summed E-state index contributed by atoms with van der Waals surface area (Å²) < 4.78 is 12.0. The summed E-state index contributed by atoms with van der Waals surface area (Å²) in [6, 6.07) is 14.6. The van der Waals surface area contributed by atoms with Gasteiger partial charge in [-0.15, -0.1) is 0 Å². The third-order valence-corrected chi connectivity index (χ3v) is 5.23. The van der Waals surface area contributed by atoms with Gasteiger partial charge in [0.2, 0.25) is 0 Å². The molecule has 3 rings (SSSR count). The van der Waals surface area contributed by atoms with Crippen molar-refractivity contribution >= 4 is 17.0 Å². The molecule has 0 N–H and O–H groups in total. The van der Waals surface area contributed by atoms with Gasteiger partial charge in [-0.05, 0) is 48.2 Å². The predicted molar refractivity (Wildman–Crippen MR) is 121 cm³/mol. The van der Waals surface area contributed by atoms with Crippen LogP contribution < -0.4 is 10.3 Å². The number of nitrogens with zero attached hydrogens (tertiary/aromatic N) is 5. The van der Waals surface area contributed by atoms with Gasteiger partial charge in [0.05, 0.1) is 31.2 Å². The zero-order valence-corrected chi connectivity index (χ0v) is 18.1. The first-order valence-corrected chi connectivity index (χ1v) is 10.3. The standard InChI is InChI=1S/C23H25N5O4/c1-28-20-8-4-3-7-19(20)26-22(23(28)30)17(15-25-27-24)6-5-13-32-21(29)14-16-9-11-18(31-2)12-10-16/h3-4,7-12,17H,5-6,13-15H2,1-2H3/t17-/m1/s1. The van der Waals surface area contributed by atoms with Gasteiger partial charge in [-0.2, -0.15) is 0 Å². The molecule has 0 amide bonds. The highest BCUT2D eigenvalue weighted by atomic mass is 16.5. The van der Waals surface area contributed by atoms with E-state index in [9.17, 15) is 9.59 Å². The molecule has 1 atom stereocenters. The van der Waals surface area contributed by atoms with Crippen LogP contribution in [-0.4, -0.2) is 35.8 Å². The van der Waals surface area contributed by atoms with E-state index < -0.39 is 0 Å². The molecule has 0 aliphatic heterocycles. The van der Waals surface area contributed by atoms with Crippen molar-refractivity contribution in [2.24, 2.45) is 12.2 Å². The number of carbonyl (C=O) groups is 1. The molecule has 1 aromatic heterocycles. The second kappa shape index (κ2) is 11.0. The van der Waals surface area contributed by atoms with Gasteiger partial charge in [0, 0.05) is 24.4 Å². The van der Waals surface area contributed by atoms with Crippen LogP contribution in [0.25, 0.3) is 21.5 Å². The third kappa shape index (κ3) is 5.65. The second-order valence-electron chi connectivity index (χ2n) is 7.35. The van der Waals surface area contributed by atoms with Crippen molar-refractivity contribution in [3.8, 4) is 5.75 Å². The summed E-state index contributed by atoms with van der Waals surface area (Å²) in [6.45, 7) is 0.312. The van der Waals surface area contributed by atoms with Gasteiger partial charge >= 0.3 is 5.97 Å². The van der Waals surface area contributed by atoms with Gasteiger partial charge in [0.15, 0.2) is 0 Å². The van der Waals surface area contributed by atoms with E-state index >= 15 is 0 Å². The first kappa shape index (κ1) is 22.8. The molecule has 0 spiro atoms. The van der Waals surface area contributed by atoms with Crippen molar-refractivity contribution in [3.63, 3.8) is 0 Å². The number of benzene rings is 2. The number of ether oxygens (including phenoxy) is 2. The summed E-state index contributed by atoms with van der Waals surface area (Å²) in [4.78, 5) is 32.3. The largest absolute Gasteiger partial charge is 0.497 e. The molecule has 2 aromatic carbocycles. The second-order valence-corrected chi connectivity index (χ2v) is 7.35. The molecule has 3 aromatic rings. The summed E-state index contributed by atoms with van der Waals surface area (Å²) in [5.41, 5.74) is 11.1. The Morgan fingerprint density at radius 3 is 2.69 bits per heavy atom. The number of aryl methyl sites for hydroxylation is 1. The molecule has 0 fully saturated rings. The Labute approximate surface area is 185 Å². The van der Waals surface area contributed by atoms with E-state index in [0.717, 1.165) is 16.8 Å². The van der Waals surface area contributed by atoms with Crippen LogP contribution in [0.2, 0.25) is 0 Å². The highest BCUT2D eigenvalue weighted by Gasteiger charge is 2.19. The molecule has 0 aliphatic rings. The molecule has 1 heterocycles. The van der Waals surface area contributed by atoms with E-state index in [1.165, 1.54) is 0 Å². The Hall–Kier alpha value is -3.84. The van der Waals surface area contributed by atoms with Crippen molar-refractivity contribution < 1.29 is 14.3 Å². The van der Waals surface area contributed by atoms with Crippen LogP contribution in [0.1, 0.15) is 30.0 Å². The number of hydrogen-bond acceptors (Lipinski definition) is 6. The molecular formula is C23H25N5O4. The van der Waals surface area contributed by atoms with Crippen molar-refractivity contribution in [1.82, 2.24) is 9.55 Å². The maximum Gasteiger partial charge on any atom is 0.310 e. The number of para-hydroxylation sites is 2.